The maximum atomic E-state index is 12.8. The molecule has 24 heavy (non-hydrogen) atoms. The van der Waals surface area contributed by atoms with Gasteiger partial charge in [0.15, 0.2) is 11.6 Å². The van der Waals surface area contributed by atoms with E-state index in [1.54, 1.807) is 18.3 Å². The van der Waals surface area contributed by atoms with E-state index in [-0.39, 0.29) is 17.5 Å². The van der Waals surface area contributed by atoms with Crippen LogP contribution in [0.4, 0.5) is 10.7 Å². The molecule has 0 bridgehead atoms. The molecule has 2 aliphatic rings. The van der Waals surface area contributed by atoms with Crippen molar-refractivity contribution in [1.82, 2.24) is 0 Å². The van der Waals surface area contributed by atoms with Gasteiger partial charge < -0.3 is 4.90 Å². The van der Waals surface area contributed by atoms with E-state index in [1.165, 1.54) is 0 Å². The number of aliphatic imine (C=N–C) groups is 1. The van der Waals surface area contributed by atoms with Crippen molar-refractivity contribution in [3.05, 3.63) is 46.3 Å². The van der Waals surface area contributed by atoms with Crippen molar-refractivity contribution in [3.8, 4) is 0 Å². The standard InChI is InChI=1S/C19H18N2O2S/c1-11-10-16-17(23)15-4-3-9-21(18(15)20-19(16)24-11)14-7-5-13(6-8-14)12(2)22/h5-8,10,15H,3-4,9H2,1-2H3. The number of piperidine rings is 1. The maximum absolute atomic E-state index is 12.8. The van der Waals surface area contributed by atoms with Crippen LogP contribution in [0.15, 0.2) is 35.3 Å². The third-order valence-corrected chi connectivity index (χ3v) is 5.63. The molecule has 122 valence electrons. The number of benzene rings is 1. The second-order valence-corrected chi connectivity index (χ2v) is 7.59. The highest BCUT2D eigenvalue weighted by Gasteiger charge is 2.38. The first kappa shape index (κ1) is 15.3. The molecule has 1 saturated heterocycles. The Morgan fingerprint density at radius 2 is 2.04 bits per heavy atom. The first-order chi connectivity index (χ1) is 11.5. The SMILES string of the molecule is CC(=O)c1ccc(N2CCCC3C(=O)c4cc(C)sc4N=C32)cc1. The van der Waals surface area contributed by atoms with Crippen LogP contribution in [0.5, 0.6) is 0 Å². The second-order valence-electron chi connectivity index (χ2n) is 6.36. The lowest BCUT2D eigenvalue weighted by Crippen LogP contribution is -2.45. The Bertz CT molecular complexity index is 864. The fourth-order valence-corrected chi connectivity index (χ4v) is 4.35. The molecular formula is C19H18N2O2S. The van der Waals surface area contributed by atoms with Crippen molar-refractivity contribution in [2.75, 3.05) is 11.4 Å². The summed E-state index contributed by atoms with van der Waals surface area (Å²) in [5, 5.41) is 0.830. The topological polar surface area (TPSA) is 49.7 Å². The van der Waals surface area contributed by atoms with Crippen molar-refractivity contribution >= 4 is 39.4 Å². The number of hydrogen-bond donors (Lipinski definition) is 0. The summed E-state index contributed by atoms with van der Waals surface area (Å²) >= 11 is 1.57. The van der Waals surface area contributed by atoms with E-state index in [2.05, 4.69) is 4.90 Å². The number of nitrogens with zero attached hydrogens (tertiary/aromatic N) is 2. The summed E-state index contributed by atoms with van der Waals surface area (Å²) < 4.78 is 0. The Balaban J connectivity index is 1.76. The minimum atomic E-state index is -0.146. The van der Waals surface area contributed by atoms with Gasteiger partial charge >= 0.3 is 0 Å². The highest BCUT2D eigenvalue weighted by Crippen LogP contribution is 2.40. The molecule has 2 aromatic rings. The average Bonchev–Trinajstić information content (AvgIpc) is 2.95. The van der Waals surface area contributed by atoms with Crippen LogP contribution in [-0.4, -0.2) is 23.9 Å². The van der Waals surface area contributed by atoms with Crippen molar-refractivity contribution in [2.45, 2.75) is 26.7 Å². The first-order valence-electron chi connectivity index (χ1n) is 8.16. The third kappa shape index (κ3) is 2.40. The van der Waals surface area contributed by atoms with E-state index in [4.69, 9.17) is 4.99 Å². The zero-order valence-corrected chi connectivity index (χ0v) is 14.5. The first-order valence-corrected chi connectivity index (χ1v) is 8.98. The normalized spacial score (nSPS) is 19.6. The van der Waals surface area contributed by atoms with Crippen molar-refractivity contribution in [2.24, 2.45) is 10.9 Å². The van der Waals surface area contributed by atoms with E-state index in [9.17, 15) is 9.59 Å². The summed E-state index contributed by atoms with van der Waals surface area (Å²) in [6.07, 6.45) is 1.82. The molecule has 3 heterocycles. The van der Waals surface area contributed by atoms with Crippen molar-refractivity contribution < 1.29 is 9.59 Å². The van der Waals surface area contributed by atoms with Gasteiger partial charge in [-0.25, -0.2) is 4.99 Å². The van der Waals surface area contributed by atoms with E-state index in [1.807, 2.05) is 37.3 Å². The van der Waals surface area contributed by atoms with Gasteiger partial charge in [-0.1, -0.05) is 0 Å². The maximum Gasteiger partial charge on any atom is 0.176 e. The van der Waals surface area contributed by atoms with Crippen LogP contribution in [0, 0.1) is 12.8 Å². The largest absolute Gasteiger partial charge is 0.329 e. The van der Waals surface area contributed by atoms with E-state index in [0.29, 0.717) is 5.56 Å². The smallest absolute Gasteiger partial charge is 0.176 e. The number of carbonyl (C=O) groups is 2. The zero-order chi connectivity index (χ0) is 16.8. The number of aryl methyl sites for hydroxylation is 1. The lowest BCUT2D eigenvalue weighted by Gasteiger charge is -2.36. The van der Waals surface area contributed by atoms with Crippen LogP contribution < -0.4 is 4.90 Å². The van der Waals surface area contributed by atoms with E-state index in [0.717, 1.165) is 46.4 Å². The van der Waals surface area contributed by atoms with Gasteiger partial charge in [-0.05, 0) is 57.0 Å². The quantitative estimate of drug-likeness (QED) is 0.763. The molecule has 1 atom stereocenters. The van der Waals surface area contributed by atoms with Gasteiger partial charge in [0.2, 0.25) is 0 Å². The monoisotopic (exact) mass is 338 g/mol. The number of anilines is 1. The number of amidine groups is 1. The number of rotatable bonds is 2. The van der Waals surface area contributed by atoms with Gasteiger partial charge in [0.1, 0.15) is 10.8 Å². The Labute approximate surface area is 144 Å². The average molecular weight is 338 g/mol. The Morgan fingerprint density at radius 1 is 1.29 bits per heavy atom. The Morgan fingerprint density at radius 3 is 2.75 bits per heavy atom. The van der Waals surface area contributed by atoms with Gasteiger partial charge in [0, 0.05) is 22.7 Å². The summed E-state index contributed by atoms with van der Waals surface area (Å²) in [6.45, 7) is 4.43. The van der Waals surface area contributed by atoms with Gasteiger partial charge in [-0.3, -0.25) is 9.59 Å². The number of hydrogen-bond acceptors (Lipinski definition) is 5. The second kappa shape index (κ2) is 5.67. The molecule has 4 rings (SSSR count). The summed E-state index contributed by atoms with van der Waals surface area (Å²) in [7, 11) is 0. The third-order valence-electron chi connectivity index (χ3n) is 4.68. The molecule has 0 saturated carbocycles. The molecule has 0 radical (unpaired) electrons. The number of carbonyl (C=O) groups excluding carboxylic acids is 2. The highest BCUT2D eigenvalue weighted by molar-refractivity contribution is 7.16. The molecular weight excluding hydrogens is 320 g/mol. The molecule has 5 heteroatoms. The van der Waals surface area contributed by atoms with Gasteiger partial charge in [-0.15, -0.1) is 11.3 Å². The lowest BCUT2D eigenvalue weighted by molar-refractivity contribution is 0.0943. The number of fused-ring (bicyclic) bond motifs is 2. The summed E-state index contributed by atoms with van der Waals surface area (Å²) in [5.74, 6) is 0.968. The molecule has 0 spiro atoms. The van der Waals surface area contributed by atoms with Crippen LogP contribution in [0.25, 0.3) is 0 Å². The fourth-order valence-electron chi connectivity index (χ4n) is 3.46. The number of ketones is 2. The molecule has 1 aromatic carbocycles. The fraction of sp³-hybridized carbons (Fsp3) is 0.316. The predicted molar refractivity (Wildman–Crippen MR) is 97.0 cm³/mol. The molecule has 1 fully saturated rings. The van der Waals surface area contributed by atoms with Crippen LogP contribution in [-0.2, 0) is 0 Å². The molecule has 0 aliphatic carbocycles. The lowest BCUT2D eigenvalue weighted by atomic mass is 9.87. The summed E-state index contributed by atoms with van der Waals surface area (Å²) in [6, 6.07) is 9.53. The zero-order valence-electron chi connectivity index (χ0n) is 13.7. The molecule has 1 aromatic heterocycles. The number of thiophene rings is 1. The van der Waals surface area contributed by atoms with Crippen LogP contribution in [0.2, 0.25) is 0 Å². The van der Waals surface area contributed by atoms with E-state index >= 15 is 0 Å². The Kier molecular flexibility index (Phi) is 3.61. The van der Waals surface area contributed by atoms with Gasteiger partial charge in [0.05, 0.1) is 11.5 Å². The van der Waals surface area contributed by atoms with Crippen LogP contribution >= 0.6 is 11.3 Å². The molecule has 0 N–H and O–H groups in total. The van der Waals surface area contributed by atoms with Crippen molar-refractivity contribution in [1.29, 1.82) is 0 Å². The molecule has 4 nitrogen and oxygen atoms in total. The predicted octanol–water partition coefficient (Wildman–Crippen LogP) is 4.40. The van der Waals surface area contributed by atoms with E-state index < -0.39 is 0 Å². The van der Waals surface area contributed by atoms with Gasteiger partial charge in [0.25, 0.3) is 0 Å². The molecule has 0 amide bonds. The molecule has 1 unspecified atom stereocenters. The molecule has 2 aliphatic heterocycles. The minimum absolute atomic E-state index is 0.0574. The number of Topliss-reactive ketones (excluding diaryl/α,β-unsaturated/α-hetero) is 2. The summed E-state index contributed by atoms with van der Waals surface area (Å²) in [4.78, 5) is 32.4. The summed E-state index contributed by atoms with van der Waals surface area (Å²) in [5.41, 5.74) is 2.47. The Hall–Kier alpha value is -2.27. The van der Waals surface area contributed by atoms with Crippen molar-refractivity contribution in [3.63, 3.8) is 0 Å². The highest BCUT2D eigenvalue weighted by atomic mass is 32.1. The van der Waals surface area contributed by atoms with Crippen LogP contribution in [0.1, 0.15) is 45.4 Å². The van der Waals surface area contributed by atoms with Crippen LogP contribution in [0.3, 0.4) is 0 Å². The van der Waals surface area contributed by atoms with Gasteiger partial charge in [-0.2, -0.15) is 0 Å². The minimum Gasteiger partial charge on any atom is -0.329 e.